The van der Waals surface area contributed by atoms with E-state index in [0.29, 0.717) is 33.8 Å². The van der Waals surface area contributed by atoms with Crippen LogP contribution in [-0.4, -0.2) is 52.9 Å². The van der Waals surface area contributed by atoms with Crippen LogP contribution in [0.25, 0.3) is 33.4 Å². The van der Waals surface area contributed by atoms with Crippen molar-refractivity contribution in [3.63, 3.8) is 0 Å². The van der Waals surface area contributed by atoms with E-state index in [2.05, 4.69) is 51.3 Å². The second-order valence-corrected chi connectivity index (χ2v) is 11.7. The van der Waals surface area contributed by atoms with Crippen LogP contribution in [0.4, 0.5) is 5.69 Å². The van der Waals surface area contributed by atoms with Crippen LogP contribution in [0, 0.1) is 0 Å². The van der Waals surface area contributed by atoms with Crippen molar-refractivity contribution < 1.29 is 32.6 Å². The number of sulfonamides is 1. The molecule has 0 spiro atoms. The molecular formula is C29H35N3O7S2. The van der Waals surface area contributed by atoms with Crippen molar-refractivity contribution in [2.45, 2.75) is 37.5 Å². The number of aliphatic hydroxyl groups excluding tert-OH is 1. The lowest BCUT2D eigenvalue weighted by atomic mass is 9.93. The molecule has 10 nitrogen and oxygen atoms in total. The minimum atomic E-state index is -3.92. The largest absolute Gasteiger partial charge is 0.691 e. The van der Waals surface area contributed by atoms with Gasteiger partial charge in [-0.2, -0.15) is 4.33 Å². The van der Waals surface area contributed by atoms with E-state index in [0.717, 1.165) is 53.7 Å². The van der Waals surface area contributed by atoms with Crippen molar-refractivity contribution >= 4 is 38.7 Å². The third-order valence-electron chi connectivity index (χ3n) is 7.03. The van der Waals surface area contributed by atoms with E-state index >= 15 is 0 Å². The van der Waals surface area contributed by atoms with Gasteiger partial charge < -0.3 is 19.7 Å². The van der Waals surface area contributed by atoms with Crippen LogP contribution in [0.1, 0.15) is 27.7 Å². The Bertz CT molecular complexity index is 1640. The summed E-state index contributed by atoms with van der Waals surface area (Å²) in [5, 5.41) is 25.3. The maximum atomic E-state index is 12.8. The normalized spacial score (nSPS) is 11.9. The quantitative estimate of drug-likeness (QED) is 0.0780. The Labute approximate surface area is 244 Å². The van der Waals surface area contributed by atoms with Gasteiger partial charge in [0.1, 0.15) is 24.4 Å². The smallest absolute Gasteiger partial charge is 0.240 e. The highest BCUT2D eigenvalue weighted by molar-refractivity contribution is 7.94. The van der Waals surface area contributed by atoms with Crippen molar-refractivity contribution in [2.24, 2.45) is 0 Å². The number of fused-ring (bicyclic) bond motifs is 2. The number of aliphatic hydroxyl groups is 1. The maximum Gasteiger partial charge on any atom is 0.240 e. The number of benzene rings is 3. The van der Waals surface area contributed by atoms with Gasteiger partial charge in [-0.25, -0.2) is 17.7 Å². The fourth-order valence-electron chi connectivity index (χ4n) is 4.99. The van der Waals surface area contributed by atoms with Crippen LogP contribution >= 0.6 is 12.0 Å². The predicted molar refractivity (Wildman–Crippen MR) is 158 cm³/mol. The molecule has 0 aromatic heterocycles. The van der Waals surface area contributed by atoms with Crippen LogP contribution in [0.5, 0.6) is 0 Å². The summed E-state index contributed by atoms with van der Waals surface area (Å²) in [5.41, 5.74) is 3.91. The molecule has 41 heavy (non-hydrogen) atoms. The predicted octanol–water partition coefficient (Wildman–Crippen LogP) is 3.36. The van der Waals surface area contributed by atoms with Crippen molar-refractivity contribution in [1.82, 2.24) is 9.30 Å². The third kappa shape index (κ3) is 6.59. The molecule has 2 aromatic rings. The van der Waals surface area contributed by atoms with E-state index in [4.69, 9.17) is 9.52 Å². The zero-order chi connectivity index (χ0) is 29.6. The lowest BCUT2D eigenvalue weighted by molar-refractivity contribution is -0.777. The van der Waals surface area contributed by atoms with Gasteiger partial charge in [0.2, 0.25) is 15.4 Å². The summed E-state index contributed by atoms with van der Waals surface area (Å²) in [6, 6.07) is 16.6. The van der Waals surface area contributed by atoms with Gasteiger partial charge in [0.15, 0.2) is 0 Å². The van der Waals surface area contributed by atoms with Crippen molar-refractivity contribution in [2.75, 3.05) is 44.2 Å². The Kier molecular flexibility index (Phi) is 10.4. The summed E-state index contributed by atoms with van der Waals surface area (Å²) in [6.45, 7) is 11.3. The molecule has 0 radical (unpaired) electrons. The molecule has 1 aliphatic heterocycles. The molecular weight excluding hydrogens is 566 g/mol. The first kappa shape index (κ1) is 31.0. The van der Waals surface area contributed by atoms with Crippen molar-refractivity contribution in [3.8, 4) is 22.5 Å². The summed E-state index contributed by atoms with van der Waals surface area (Å²) < 4.78 is 41.4. The minimum Gasteiger partial charge on any atom is -0.691 e. The van der Waals surface area contributed by atoms with Crippen LogP contribution < -0.4 is 24.8 Å². The SMILES string of the molecule is CCN(CC)c1ccc2c(-c3ccc(S(=O)(=O)NCCO)cc3SOO[O-])c3ccc(=[N+](CC)CC)cc-3oc2c1. The number of rotatable bonds is 13. The van der Waals surface area contributed by atoms with Gasteiger partial charge >= 0.3 is 0 Å². The molecule has 0 fully saturated rings. The van der Waals surface area contributed by atoms with Gasteiger partial charge in [-0.15, -0.1) is 0 Å². The summed E-state index contributed by atoms with van der Waals surface area (Å²) >= 11 is 0.620. The number of nitrogens with one attached hydrogen (secondary N) is 1. The van der Waals surface area contributed by atoms with E-state index in [1.54, 1.807) is 6.07 Å². The maximum absolute atomic E-state index is 12.8. The molecule has 12 heteroatoms. The monoisotopic (exact) mass is 601 g/mol. The number of nitrogens with zero attached hydrogens (tertiary/aromatic N) is 2. The molecule has 1 heterocycles. The number of hydrogen-bond acceptors (Lipinski definition) is 9. The number of hydrogen-bond donors (Lipinski definition) is 2. The highest BCUT2D eigenvalue weighted by Gasteiger charge is 2.24. The van der Waals surface area contributed by atoms with E-state index in [9.17, 15) is 13.7 Å². The molecule has 0 unspecified atom stereocenters. The second kappa shape index (κ2) is 13.8. The Balaban J connectivity index is 2.06. The molecule has 2 aromatic carbocycles. The Morgan fingerprint density at radius 3 is 2.39 bits per heavy atom. The first-order chi connectivity index (χ1) is 19.8. The van der Waals surface area contributed by atoms with Crippen LogP contribution in [0.2, 0.25) is 0 Å². The topological polar surface area (TPSA) is 127 Å². The van der Waals surface area contributed by atoms with Crippen molar-refractivity contribution in [3.05, 3.63) is 60.0 Å². The minimum absolute atomic E-state index is 0.0476. The van der Waals surface area contributed by atoms with Gasteiger partial charge in [0.25, 0.3) is 0 Å². The van der Waals surface area contributed by atoms with E-state index in [1.165, 1.54) is 12.1 Å². The van der Waals surface area contributed by atoms with Gasteiger partial charge in [-0.3, -0.25) is 5.04 Å². The van der Waals surface area contributed by atoms with Gasteiger partial charge in [-0.1, -0.05) is 6.07 Å². The van der Waals surface area contributed by atoms with E-state index in [-0.39, 0.29) is 18.0 Å². The first-order valence-corrected chi connectivity index (χ1v) is 15.8. The van der Waals surface area contributed by atoms with E-state index < -0.39 is 10.0 Å². The van der Waals surface area contributed by atoms with E-state index in [1.807, 2.05) is 36.4 Å². The first-order valence-electron chi connectivity index (χ1n) is 13.5. The average molecular weight is 602 g/mol. The summed E-state index contributed by atoms with van der Waals surface area (Å²) in [5.74, 6) is 0.659. The summed E-state index contributed by atoms with van der Waals surface area (Å²) in [6.07, 6.45) is 0. The van der Waals surface area contributed by atoms with Crippen LogP contribution in [-0.2, 0) is 19.4 Å². The molecule has 0 amide bonds. The lowest BCUT2D eigenvalue weighted by Gasteiger charge is -2.23. The summed E-state index contributed by atoms with van der Waals surface area (Å²) in [4.78, 5) is 2.53. The van der Waals surface area contributed by atoms with Crippen LogP contribution in [0.3, 0.4) is 0 Å². The molecule has 2 N–H and O–H groups in total. The fourth-order valence-corrected chi connectivity index (χ4v) is 6.65. The zero-order valence-electron chi connectivity index (χ0n) is 23.5. The highest BCUT2D eigenvalue weighted by Crippen LogP contribution is 2.44. The second-order valence-electron chi connectivity index (χ2n) is 9.18. The number of anilines is 1. The summed E-state index contributed by atoms with van der Waals surface area (Å²) in [7, 11) is -3.92. The standard InChI is InChI=1S/C29H35N3O7S2/c1-5-31(6-2)20-9-12-23-26(17-20)37-27-18-21(32(7-3)8-4)10-13-24(27)29(23)25-14-11-22(19-28(25)40-39-38-34)41(35,36)30-15-16-33/h9-14,17-19,30,33H,5-8,15-16H2,1-4H3. The lowest BCUT2D eigenvalue weighted by Crippen LogP contribution is -2.29. The molecule has 0 saturated heterocycles. The Morgan fingerprint density at radius 2 is 1.73 bits per heavy atom. The average Bonchev–Trinajstić information content (AvgIpc) is 2.99. The Morgan fingerprint density at radius 1 is 1.00 bits per heavy atom. The zero-order valence-corrected chi connectivity index (χ0v) is 25.2. The van der Waals surface area contributed by atoms with Gasteiger partial charge in [0, 0.05) is 58.9 Å². The van der Waals surface area contributed by atoms with Gasteiger partial charge in [0.05, 0.1) is 29.6 Å². The van der Waals surface area contributed by atoms with Gasteiger partial charge in [-0.05, 0) is 63.6 Å². The molecule has 220 valence electrons. The van der Waals surface area contributed by atoms with Crippen LogP contribution in [0.15, 0.2) is 68.8 Å². The fraction of sp³-hybridized carbons (Fsp3) is 0.345. The highest BCUT2D eigenvalue weighted by atomic mass is 32.2. The molecule has 0 bridgehead atoms. The molecule has 0 atom stereocenters. The molecule has 1 aliphatic carbocycles. The van der Waals surface area contributed by atoms with Crippen molar-refractivity contribution in [1.29, 1.82) is 0 Å². The molecule has 0 saturated carbocycles. The Hall–Kier alpha value is -2.97. The molecule has 4 rings (SSSR count). The molecule has 2 aliphatic rings. The third-order valence-corrected chi connectivity index (χ3v) is 9.13.